The van der Waals surface area contributed by atoms with Crippen molar-refractivity contribution >= 4 is 23.7 Å². The summed E-state index contributed by atoms with van der Waals surface area (Å²) in [6.07, 6.45) is -6.29. The maximum atomic E-state index is 11.5. The van der Waals surface area contributed by atoms with Crippen LogP contribution in [0.3, 0.4) is 0 Å². The highest BCUT2D eigenvalue weighted by molar-refractivity contribution is 6.30. The zero-order valence-electron chi connectivity index (χ0n) is 11.4. The van der Waals surface area contributed by atoms with E-state index in [0.717, 1.165) is 0 Å². The van der Waals surface area contributed by atoms with Gasteiger partial charge >= 0.3 is 0 Å². The van der Waals surface area contributed by atoms with Crippen molar-refractivity contribution in [2.45, 2.75) is 24.4 Å². The summed E-state index contributed by atoms with van der Waals surface area (Å²) in [6.45, 7) is -0.832. The van der Waals surface area contributed by atoms with Gasteiger partial charge in [0, 0.05) is 5.02 Å². The van der Waals surface area contributed by atoms with Crippen molar-refractivity contribution in [3.8, 4) is 0 Å². The summed E-state index contributed by atoms with van der Waals surface area (Å²) in [5, 5.41) is 50.3. The first kappa shape index (κ1) is 18.5. The van der Waals surface area contributed by atoms with E-state index in [1.165, 1.54) is 6.21 Å². The fourth-order valence-corrected chi connectivity index (χ4v) is 1.59. The van der Waals surface area contributed by atoms with E-state index in [9.17, 15) is 20.1 Å². The largest absolute Gasteiger partial charge is 0.394 e. The minimum atomic E-state index is -2.03. The van der Waals surface area contributed by atoms with Crippen LogP contribution in [0.1, 0.15) is 5.56 Å². The third kappa shape index (κ3) is 5.34. The molecule has 1 rings (SSSR count). The van der Waals surface area contributed by atoms with Crippen LogP contribution in [0, 0.1) is 0 Å². The molecule has 0 aliphatic rings. The molecule has 9 heteroatoms. The van der Waals surface area contributed by atoms with Crippen molar-refractivity contribution in [2.75, 3.05) is 6.61 Å². The number of carbonyl (C=O) groups is 1. The van der Waals surface area contributed by atoms with E-state index in [1.807, 2.05) is 5.43 Å². The van der Waals surface area contributed by atoms with Crippen molar-refractivity contribution in [1.82, 2.24) is 5.43 Å². The predicted molar refractivity (Wildman–Crippen MR) is 78.3 cm³/mol. The number of hydrazone groups is 1. The zero-order valence-corrected chi connectivity index (χ0v) is 12.1. The number of nitrogens with zero attached hydrogens (tertiary/aromatic N) is 1. The average molecular weight is 333 g/mol. The van der Waals surface area contributed by atoms with Gasteiger partial charge in [0.05, 0.1) is 12.8 Å². The second-order valence-electron chi connectivity index (χ2n) is 4.46. The second-order valence-corrected chi connectivity index (χ2v) is 4.90. The fraction of sp³-hybridized carbons (Fsp3) is 0.385. The number of amides is 1. The van der Waals surface area contributed by atoms with E-state index in [1.54, 1.807) is 24.3 Å². The molecule has 0 unspecified atom stereocenters. The molecule has 0 saturated heterocycles. The van der Waals surface area contributed by atoms with Crippen molar-refractivity contribution in [1.29, 1.82) is 0 Å². The lowest BCUT2D eigenvalue weighted by atomic mass is 10.0. The van der Waals surface area contributed by atoms with E-state index in [4.69, 9.17) is 21.8 Å². The Morgan fingerprint density at radius 3 is 2.32 bits per heavy atom. The molecule has 0 spiro atoms. The quantitative estimate of drug-likeness (QED) is 0.257. The highest BCUT2D eigenvalue weighted by Crippen LogP contribution is 2.08. The summed E-state index contributed by atoms with van der Waals surface area (Å²) in [5.74, 6) is -1.08. The molecule has 8 nitrogen and oxygen atoms in total. The Bertz CT molecular complexity index is 510. The van der Waals surface area contributed by atoms with Gasteiger partial charge in [0.2, 0.25) is 0 Å². The molecule has 0 heterocycles. The number of aliphatic hydroxyl groups excluding tert-OH is 5. The standard InChI is InChI=1S/C13H17ClN2O6/c14-8-3-1-7(2-4-8)5-15-16-13(22)12(21)11(20)10(19)9(18)6-17/h1-5,9-12,17-21H,6H2,(H,16,22)/b15-5+/t9-,10-,11-,12+/m1/s1. The summed E-state index contributed by atoms with van der Waals surface area (Å²) in [6, 6.07) is 6.53. The summed E-state index contributed by atoms with van der Waals surface area (Å²) in [5.41, 5.74) is 2.61. The van der Waals surface area contributed by atoms with Crippen molar-refractivity contribution < 1.29 is 30.3 Å². The van der Waals surface area contributed by atoms with Crippen molar-refractivity contribution in [3.63, 3.8) is 0 Å². The first-order chi connectivity index (χ1) is 10.4. The van der Waals surface area contributed by atoms with E-state index in [-0.39, 0.29) is 0 Å². The summed E-state index contributed by atoms with van der Waals surface area (Å²) in [4.78, 5) is 11.5. The Labute approximate surface area is 131 Å². The Morgan fingerprint density at radius 2 is 1.77 bits per heavy atom. The summed E-state index contributed by atoms with van der Waals surface area (Å²) >= 11 is 5.70. The molecule has 0 saturated carbocycles. The molecule has 0 aromatic heterocycles. The molecule has 0 aliphatic heterocycles. The minimum Gasteiger partial charge on any atom is -0.394 e. The molecule has 0 bridgehead atoms. The van der Waals surface area contributed by atoms with Crippen LogP contribution in [-0.4, -0.2) is 68.7 Å². The van der Waals surface area contributed by atoms with Crippen LogP contribution in [0.2, 0.25) is 5.02 Å². The molecule has 1 aromatic carbocycles. The SMILES string of the molecule is O=C(N/N=C/c1ccc(Cl)cc1)[C@@H](O)[C@H](O)[C@H](O)[C@H](O)CO. The second kappa shape index (κ2) is 8.79. The fourth-order valence-electron chi connectivity index (χ4n) is 1.46. The van der Waals surface area contributed by atoms with Crippen LogP contribution in [0.4, 0.5) is 0 Å². The zero-order chi connectivity index (χ0) is 16.7. The van der Waals surface area contributed by atoms with Crippen LogP contribution < -0.4 is 5.43 Å². The van der Waals surface area contributed by atoms with Crippen LogP contribution in [0.25, 0.3) is 0 Å². The predicted octanol–water partition coefficient (Wildman–Crippen LogP) is -1.77. The van der Waals surface area contributed by atoms with Gasteiger partial charge in [-0.2, -0.15) is 5.10 Å². The number of rotatable bonds is 7. The van der Waals surface area contributed by atoms with Gasteiger partial charge in [0.1, 0.15) is 18.3 Å². The normalized spacial score (nSPS) is 17.0. The Morgan fingerprint density at radius 1 is 1.18 bits per heavy atom. The van der Waals surface area contributed by atoms with Crippen molar-refractivity contribution in [2.24, 2.45) is 5.10 Å². The van der Waals surface area contributed by atoms with E-state index in [0.29, 0.717) is 10.6 Å². The van der Waals surface area contributed by atoms with E-state index < -0.39 is 36.9 Å². The molecule has 0 fully saturated rings. The lowest BCUT2D eigenvalue weighted by molar-refractivity contribution is -0.148. The third-order valence-corrected chi connectivity index (χ3v) is 3.03. The number of hydrogen-bond donors (Lipinski definition) is 6. The minimum absolute atomic E-state index is 0.538. The number of nitrogens with one attached hydrogen (secondary N) is 1. The van der Waals surface area contributed by atoms with Gasteiger partial charge in [-0.15, -0.1) is 0 Å². The van der Waals surface area contributed by atoms with Gasteiger partial charge in [-0.3, -0.25) is 4.79 Å². The average Bonchev–Trinajstić information content (AvgIpc) is 2.53. The molecule has 22 heavy (non-hydrogen) atoms. The lowest BCUT2D eigenvalue weighted by Crippen LogP contribution is -2.50. The molecule has 1 aromatic rings. The molecule has 1 amide bonds. The van der Waals surface area contributed by atoms with Gasteiger partial charge in [-0.25, -0.2) is 5.43 Å². The smallest absolute Gasteiger partial charge is 0.271 e. The number of aliphatic hydroxyl groups is 5. The monoisotopic (exact) mass is 332 g/mol. The maximum absolute atomic E-state index is 11.5. The maximum Gasteiger partial charge on any atom is 0.271 e. The number of hydrogen-bond acceptors (Lipinski definition) is 7. The molecular formula is C13H17ClN2O6. The first-order valence-electron chi connectivity index (χ1n) is 6.28. The Hall–Kier alpha value is -1.55. The molecule has 4 atom stereocenters. The highest BCUT2D eigenvalue weighted by Gasteiger charge is 2.34. The molecular weight excluding hydrogens is 316 g/mol. The summed E-state index contributed by atoms with van der Waals surface area (Å²) in [7, 11) is 0. The molecule has 0 aliphatic carbocycles. The molecule has 122 valence electrons. The van der Waals surface area contributed by atoms with Gasteiger partial charge in [0.25, 0.3) is 5.91 Å². The number of halogens is 1. The van der Waals surface area contributed by atoms with Crippen LogP contribution >= 0.6 is 11.6 Å². The molecule has 6 N–H and O–H groups in total. The van der Waals surface area contributed by atoms with Crippen LogP contribution in [0.15, 0.2) is 29.4 Å². The summed E-state index contributed by atoms with van der Waals surface area (Å²) < 4.78 is 0. The molecule has 0 radical (unpaired) electrons. The lowest BCUT2D eigenvalue weighted by Gasteiger charge is -2.24. The Balaban J connectivity index is 2.55. The highest BCUT2D eigenvalue weighted by atomic mass is 35.5. The van der Waals surface area contributed by atoms with Crippen LogP contribution in [0.5, 0.6) is 0 Å². The van der Waals surface area contributed by atoms with Crippen molar-refractivity contribution in [3.05, 3.63) is 34.9 Å². The first-order valence-corrected chi connectivity index (χ1v) is 6.66. The third-order valence-electron chi connectivity index (χ3n) is 2.78. The van der Waals surface area contributed by atoms with E-state index in [2.05, 4.69) is 5.10 Å². The van der Waals surface area contributed by atoms with E-state index >= 15 is 0 Å². The van der Waals surface area contributed by atoms with Gasteiger partial charge in [-0.05, 0) is 17.7 Å². The van der Waals surface area contributed by atoms with Gasteiger partial charge in [0.15, 0.2) is 6.10 Å². The van der Waals surface area contributed by atoms with Gasteiger partial charge in [-0.1, -0.05) is 23.7 Å². The van der Waals surface area contributed by atoms with Crippen LogP contribution in [-0.2, 0) is 4.79 Å². The Kier molecular flexibility index (Phi) is 7.39. The number of carbonyl (C=O) groups excluding carboxylic acids is 1. The van der Waals surface area contributed by atoms with Gasteiger partial charge < -0.3 is 25.5 Å². The topological polar surface area (TPSA) is 143 Å². The number of benzene rings is 1.